The maximum absolute atomic E-state index is 13.0. The zero-order valence-corrected chi connectivity index (χ0v) is 18.5. The molecule has 0 aliphatic carbocycles. The van der Waals surface area contributed by atoms with Crippen LogP contribution in [0.25, 0.3) is 0 Å². The molecule has 5 amide bonds. The highest BCUT2D eigenvalue weighted by Gasteiger charge is 2.46. The third-order valence-electron chi connectivity index (χ3n) is 5.71. The highest BCUT2D eigenvalue weighted by Crippen LogP contribution is 2.33. The third-order valence-corrected chi connectivity index (χ3v) is 5.71. The van der Waals surface area contributed by atoms with Crippen LogP contribution < -0.4 is 15.4 Å². The summed E-state index contributed by atoms with van der Waals surface area (Å²) >= 11 is 0. The maximum atomic E-state index is 13.0. The van der Waals surface area contributed by atoms with Crippen LogP contribution in [0.1, 0.15) is 72.1 Å². The summed E-state index contributed by atoms with van der Waals surface area (Å²) in [4.78, 5) is 73.6. The van der Waals surface area contributed by atoms with Gasteiger partial charge < -0.3 is 10.1 Å². The lowest BCUT2D eigenvalue weighted by Crippen LogP contribution is -2.54. The van der Waals surface area contributed by atoms with Gasteiger partial charge in [-0.05, 0) is 31.4 Å². The lowest BCUT2D eigenvalue weighted by atomic mass is 10.0. The van der Waals surface area contributed by atoms with E-state index in [2.05, 4.69) is 10.6 Å². The van der Waals surface area contributed by atoms with E-state index in [1.165, 1.54) is 12.1 Å². The Balaban J connectivity index is 1.54. The maximum Gasteiger partial charge on any atom is 0.266 e. The summed E-state index contributed by atoms with van der Waals surface area (Å²) in [6, 6.07) is 3.46. The molecule has 33 heavy (non-hydrogen) atoms. The van der Waals surface area contributed by atoms with Crippen LogP contribution in [-0.2, 0) is 19.2 Å². The van der Waals surface area contributed by atoms with E-state index in [9.17, 15) is 28.8 Å². The number of piperidine rings is 1. The summed E-state index contributed by atoms with van der Waals surface area (Å²) in [5.41, 5.74) is 0.125. The van der Waals surface area contributed by atoms with E-state index in [0.717, 1.165) is 24.2 Å². The van der Waals surface area contributed by atoms with Crippen molar-refractivity contribution in [3.63, 3.8) is 0 Å². The minimum atomic E-state index is -1.06. The van der Waals surface area contributed by atoms with E-state index in [1.807, 2.05) is 0 Å². The van der Waals surface area contributed by atoms with Crippen LogP contribution in [0.5, 0.6) is 5.75 Å². The number of benzene rings is 1. The second-order valence-electron chi connectivity index (χ2n) is 8.04. The van der Waals surface area contributed by atoms with Crippen LogP contribution in [0.3, 0.4) is 0 Å². The topological polar surface area (TPSA) is 139 Å². The van der Waals surface area contributed by atoms with Gasteiger partial charge in [0.05, 0.1) is 11.1 Å². The molecule has 3 rings (SSSR count). The molecule has 2 N–H and O–H groups in total. The first kappa shape index (κ1) is 24.1. The molecule has 1 saturated heterocycles. The molecule has 1 unspecified atom stereocenters. The predicted molar refractivity (Wildman–Crippen MR) is 115 cm³/mol. The van der Waals surface area contributed by atoms with E-state index in [-0.39, 0.29) is 48.0 Å². The Hall–Kier alpha value is -3.56. The standard InChI is InChI=1S/C23H27N3O7/c1-24-18(28)10-5-3-2-4-7-14(27)13-33-17-9-6-8-15-20(17)23(32)26(22(15)31)16-11-12-19(29)25-21(16)30/h6,8-9,16H,2-5,7,10-13H2,1H3,(H,24,28)(H,25,29,30). The van der Waals surface area contributed by atoms with Crippen molar-refractivity contribution in [2.45, 2.75) is 57.4 Å². The van der Waals surface area contributed by atoms with Crippen LogP contribution in [0.2, 0.25) is 0 Å². The first-order valence-electron chi connectivity index (χ1n) is 11.0. The van der Waals surface area contributed by atoms with Crippen molar-refractivity contribution >= 4 is 35.3 Å². The Morgan fingerprint density at radius 3 is 2.48 bits per heavy atom. The number of hydrogen-bond donors (Lipinski definition) is 2. The highest BCUT2D eigenvalue weighted by molar-refractivity contribution is 6.24. The Bertz CT molecular complexity index is 988. The Labute approximate surface area is 191 Å². The van der Waals surface area contributed by atoms with Crippen LogP contribution in [0.4, 0.5) is 0 Å². The zero-order chi connectivity index (χ0) is 24.0. The molecule has 10 heteroatoms. The van der Waals surface area contributed by atoms with Gasteiger partial charge in [-0.3, -0.25) is 39.0 Å². The van der Waals surface area contributed by atoms with Gasteiger partial charge in [0, 0.05) is 26.3 Å². The molecule has 10 nitrogen and oxygen atoms in total. The smallest absolute Gasteiger partial charge is 0.266 e. The van der Waals surface area contributed by atoms with Gasteiger partial charge >= 0.3 is 0 Å². The number of rotatable bonds is 11. The fourth-order valence-electron chi connectivity index (χ4n) is 3.92. The number of unbranched alkanes of at least 4 members (excludes halogenated alkanes) is 3. The zero-order valence-electron chi connectivity index (χ0n) is 18.5. The van der Waals surface area contributed by atoms with Gasteiger partial charge in [-0.2, -0.15) is 0 Å². The number of carbonyl (C=O) groups is 6. The average molecular weight is 457 g/mol. The lowest BCUT2D eigenvalue weighted by molar-refractivity contribution is -0.136. The Morgan fingerprint density at radius 1 is 1.06 bits per heavy atom. The van der Waals surface area contributed by atoms with E-state index in [4.69, 9.17) is 4.74 Å². The van der Waals surface area contributed by atoms with Gasteiger partial charge in [0.25, 0.3) is 11.8 Å². The molecule has 1 atom stereocenters. The summed E-state index contributed by atoms with van der Waals surface area (Å²) in [7, 11) is 1.60. The molecule has 2 aliphatic rings. The number of hydrogen-bond acceptors (Lipinski definition) is 7. The Morgan fingerprint density at radius 2 is 1.79 bits per heavy atom. The van der Waals surface area contributed by atoms with Crippen molar-refractivity contribution in [1.82, 2.24) is 15.5 Å². The van der Waals surface area contributed by atoms with Crippen LogP contribution >= 0.6 is 0 Å². The van der Waals surface area contributed by atoms with Crippen molar-refractivity contribution in [3.05, 3.63) is 29.3 Å². The molecular formula is C23H27N3O7. The average Bonchev–Trinajstić information content (AvgIpc) is 3.05. The predicted octanol–water partition coefficient (Wildman–Crippen LogP) is 1.12. The molecule has 2 aliphatic heterocycles. The molecule has 0 saturated carbocycles. The van der Waals surface area contributed by atoms with Crippen LogP contribution in [0.15, 0.2) is 18.2 Å². The van der Waals surface area contributed by atoms with E-state index >= 15 is 0 Å². The van der Waals surface area contributed by atoms with Gasteiger partial charge in [-0.15, -0.1) is 0 Å². The van der Waals surface area contributed by atoms with Gasteiger partial charge in [-0.25, -0.2) is 0 Å². The molecule has 0 spiro atoms. The monoisotopic (exact) mass is 457 g/mol. The van der Waals surface area contributed by atoms with Crippen molar-refractivity contribution in [3.8, 4) is 5.75 Å². The summed E-state index contributed by atoms with van der Waals surface area (Å²) in [5, 5.41) is 4.71. The molecule has 0 radical (unpaired) electrons. The van der Waals surface area contributed by atoms with Crippen molar-refractivity contribution in [1.29, 1.82) is 0 Å². The quantitative estimate of drug-likeness (QED) is 0.375. The van der Waals surface area contributed by atoms with Crippen LogP contribution in [-0.4, -0.2) is 59.9 Å². The molecular weight excluding hydrogens is 430 g/mol. The molecule has 1 aromatic rings. The fraction of sp³-hybridized carbons (Fsp3) is 0.478. The van der Waals surface area contributed by atoms with E-state index in [1.54, 1.807) is 13.1 Å². The fourth-order valence-corrected chi connectivity index (χ4v) is 3.92. The van der Waals surface area contributed by atoms with E-state index < -0.39 is 29.7 Å². The molecule has 1 aromatic carbocycles. The SMILES string of the molecule is CNC(=O)CCCCCCC(=O)COc1cccc2c1C(=O)N(C1CCC(=O)NC1=O)C2=O. The number of nitrogens with one attached hydrogen (secondary N) is 2. The number of ketones is 1. The Kier molecular flexibility index (Phi) is 7.92. The first-order valence-corrected chi connectivity index (χ1v) is 11.0. The summed E-state index contributed by atoms with van der Waals surface area (Å²) in [6.07, 6.45) is 3.97. The normalized spacial score (nSPS) is 17.6. The molecule has 0 aromatic heterocycles. The van der Waals surface area contributed by atoms with Gasteiger partial charge in [0.15, 0.2) is 5.78 Å². The lowest BCUT2D eigenvalue weighted by Gasteiger charge is -2.27. The van der Waals surface area contributed by atoms with E-state index in [0.29, 0.717) is 19.3 Å². The second-order valence-corrected chi connectivity index (χ2v) is 8.04. The van der Waals surface area contributed by atoms with Crippen molar-refractivity contribution < 1.29 is 33.5 Å². The second kappa shape index (κ2) is 10.8. The summed E-state index contributed by atoms with van der Waals surface area (Å²) in [5.74, 6) is -2.46. The van der Waals surface area contributed by atoms with Gasteiger partial charge in [0.1, 0.15) is 18.4 Å². The highest BCUT2D eigenvalue weighted by atomic mass is 16.5. The third kappa shape index (κ3) is 5.63. The van der Waals surface area contributed by atoms with Gasteiger partial charge in [0.2, 0.25) is 17.7 Å². The largest absolute Gasteiger partial charge is 0.485 e. The molecule has 0 bridgehead atoms. The summed E-state index contributed by atoms with van der Waals surface area (Å²) < 4.78 is 5.58. The number of amides is 5. The molecule has 176 valence electrons. The minimum Gasteiger partial charge on any atom is -0.485 e. The van der Waals surface area contributed by atoms with Crippen molar-refractivity contribution in [2.75, 3.05) is 13.7 Å². The van der Waals surface area contributed by atoms with Gasteiger partial charge in [-0.1, -0.05) is 18.9 Å². The number of imide groups is 2. The number of Topliss-reactive ketones (excluding diaryl/α,β-unsaturated/α-hetero) is 1. The minimum absolute atomic E-state index is 0.000863. The number of ether oxygens (including phenoxy) is 1. The van der Waals surface area contributed by atoms with Crippen molar-refractivity contribution in [2.24, 2.45) is 0 Å². The molecule has 2 heterocycles. The molecule has 1 fully saturated rings. The first-order chi connectivity index (χ1) is 15.8. The number of carbonyl (C=O) groups excluding carboxylic acids is 6. The number of fused-ring (bicyclic) bond motifs is 1. The summed E-state index contributed by atoms with van der Waals surface area (Å²) in [6.45, 7) is -0.241. The van der Waals surface area contributed by atoms with Crippen LogP contribution in [0, 0.1) is 0 Å². The number of nitrogens with zero attached hydrogens (tertiary/aromatic N) is 1.